The van der Waals surface area contributed by atoms with Crippen molar-refractivity contribution in [3.05, 3.63) is 28.0 Å². The van der Waals surface area contributed by atoms with E-state index in [9.17, 15) is 9.18 Å². The molecule has 3 nitrogen and oxygen atoms in total. The van der Waals surface area contributed by atoms with Crippen molar-refractivity contribution in [2.24, 2.45) is 0 Å². The van der Waals surface area contributed by atoms with E-state index in [-0.39, 0.29) is 15.7 Å². The highest BCUT2D eigenvalue weighted by Crippen LogP contribution is 2.24. The number of benzene rings is 1. The Morgan fingerprint density at radius 2 is 2.23 bits per heavy atom. The van der Waals surface area contributed by atoms with Gasteiger partial charge >= 0.3 is 5.97 Å². The van der Waals surface area contributed by atoms with Crippen LogP contribution in [0.15, 0.2) is 16.6 Å². The standard InChI is InChI=1S/C8H7BrFNO2/c1-13-8(12)7-5(9)2-4(10)3-6(7)11/h2-3H,11H2,1H3. The summed E-state index contributed by atoms with van der Waals surface area (Å²) in [5.74, 6) is -1.10. The van der Waals surface area contributed by atoms with Gasteiger partial charge in [-0.05, 0) is 28.1 Å². The quantitative estimate of drug-likeness (QED) is 0.610. The lowest BCUT2D eigenvalue weighted by Gasteiger charge is -2.05. The first kappa shape index (κ1) is 9.98. The Labute approximate surface area is 82.8 Å². The van der Waals surface area contributed by atoms with Crippen LogP contribution in [0.1, 0.15) is 10.4 Å². The summed E-state index contributed by atoms with van der Waals surface area (Å²) in [6.07, 6.45) is 0. The topological polar surface area (TPSA) is 52.3 Å². The molecule has 1 aromatic rings. The summed E-state index contributed by atoms with van der Waals surface area (Å²) in [4.78, 5) is 11.1. The maximum Gasteiger partial charge on any atom is 0.341 e. The molecule has 0 aliphatic carbocycles. The zero-order chi connectivity index (χ0) is 10.0. The smallest absolute Gasteiger partial charge is 0.341 e. The van der Waals surface area contributed by atoms with Crippen molar-refractivity contribution in [1.82, 2.24) is 0 Å². The number of anilines is 1. The summed E-state index contributed by atoms with van der Waals surface area (Å²) in [6, 6.07) is 2.22. The van der Waals surface area contributed by atoms with Crippen LogP contribution < -0.4 is 5.73 Å². The van der Waals surface area contributed by atoms with Gasteiger partial charge in [0.25, 0.3) is 0 Å². The molecule has 1 aromatic carbocycles. The van der Waals surface area contributed by atoms with E-state index in [2.05, 4.69) is 20.7 Å². The van der Waals surface area contributed by atoms with E-state index < -0.39 is 11.8 Å². The van der Waals surface area contributed by atoms with Gasteiger partial charge in [0.05, 0.1) is 18.4 Å². The Morgan fingerprint density at radius 3 is 2.69 bits per heavy atom. The lowest BCUT2D eigenvalue weighted by Crippen LogP contribution is -2.07. The molecule has 0 unspecified atom stereocenters. The first-order chi connectivity index (χ1) is 6.06. The van der Waals surface area contributed by atoms with Gasteiger partial charge in [-0.25, -0.2) is 9.18 Å². The van der Waals surface area contributed by atoms with Crippen LogP contribution in [-0.4, -0.2) is 13.1 Å². The van der Waals surface area contributed by atoms with Crippen LogP contribution in [-0.2, 0) is 4.74 Å². The minimum absolute atomic E-state index is 0.0544. The molecular formula is C8H7BrFNO2. The van der Waals surface area contributed by atoms with E-state index in [4.69, 9.17) is 5.73 Å². The molecule has 0 atom stereocenters. The number of nitrogens with two attached hydrogens (primary N) is 1. The third-order valence-electron chi connectivity index (χ3n) is 1.48. The molecule has 13 heavy (non-hydrogen) atoms. The van der Waals surface area contributed by atoms with E-state index >= 15 is 0 Å². The molecule has 0 aliphatic rings. The summed E-state index contributed by atoms with van der Waals surface area (Å²) in [5.41, 5.74) is 5.62. The molecular weight excluding hydrogens is 241 g/mol. The fourth-order valence-corrected chi connectivity index (χ4v) is 1.52. The molecule has 70 valence electrons. The minimum Gasteiger partial charge on any atom is -0.465 e. The van der Waals surface area contributed by atoms with Crippen molar-refractivity contribution in [1.29, 1.82) is 0 Å². The zero-order valence-electron chi connectivity index (χ0n) is 6.80. The summed E-state index contributed by atoms with van der Waals surface area (Å²) in [7, 11) is 1.23. The van der Waals surface area contributed by atoms with Crippen molar-refractivity contribution >= 4 is 27.6 Å². The molecule has 0 spiro atoms. The number of methoxy groups -OCH3 is 1. The third-order valence-corrected chi connectivity index (χ3v) is 2.10. The van der Waals surface area contributed by atoms with Crippen LogP contribution >= 0.6 is 15.9 Å². The number of rotatable bonds is 1. The Balaban J connectivity index is 3.28. The molecule has 1 rings (SSSR count). The largest absolute Gasteiger partial charge is 0.465 e. The van der Waals surface area contributed by atoms with E-state index in [1.807, 2.05) is 0 Å². The fourth-order valence-electron chi connectivity index (χ4n) is 0.911. The van der Waals surface area contributed by atoms with Gasteiger partial charge in [-0.1, -0.05) is 0 Å². The Bertz CT molecular complexity index is 331. The van der Waals surface area contributed by atoms with Gasteiger partial charge in [0.1, 0.15) is 5.82 Å². The number of esters is 1. The van der Waals surface area contributed by atoms with Gasteiger partial charge < -0.3 is 10.5 Å². The normalized spacial score (nSPS) is 9.77. The second kappa shape index (κ2) is 3.74. The Kier molecular flexibility index (Phi) is 2.87. The first-order valence-corrected chi connectivity index (χ1v) is 4.18. The van der Waals surface area contributed by atoms with Crippen LogP contribution in [0.3, 0.4) is 0 Å². The molecule has 0 aliphatic heterocycles. The van der Waals surface area contributed by atoms with Crippen molar-refractivity contribution in [2.45, 2.75) is 0 Å². The van der Waals surface area contributed by atoms with Gasteiger partial charge in [-0.2, -0.15) is 0 Å². The highest BCUT2D eigenvalue weighted by molar-refractivity contribution is 9.10. The predicted molar refractivity (Wildman–Crippen MR) is 49.9 cm³/mol. The fraction of sp³-hybridized carbons (Fsp3) is 0.125. The second-order valence-corrected chi connectivity index (χ2v) is 3.20. The van der Waals surface area contributed by atoms with E-state index in [0.29, 0.717) is 0 Å². The monoisotopic (exact) mass is 247 g/mol. The van der Waals surface area contributed by atoms with E-state index in [0.717, 1.165) is 12.1 Å². The summed E-state index contributed by atoms with van der Waals surface area (Å²) < 4.78 is 17.5. The Hall–Kier alpha value is -1.10. The number of nitrogen functional groups attached to an aromatic ring is 1. The number of carbonyl (C=O) groups is 1. The molecule has 0 radical (unpaired) electrons. The molecule has 2 N–H and O–H groups in total. The third kappa shape index (κ3) is 1.98. The van der Waals surface area contributed by atoms with E-state index in [1.165, 1.54) is 7.11 Å². The molecule has 0 heterocycles. The minimum atomic E-state index is -0.593. The molecule has 0 saturated heterocycles. The number of hydrogen-bond donors (Lipinski definition) is 1. The highest BCUT2D eigenvalue weighted by Gasteiger charge is 2.15. The molecule has 0 saturated carbocycles. The molecule has 0 fully saturated rings. The number of ether oxygens (including phenoxy) is 1. The van der Waals surface area contributed by atoms with E-state index in [1.54, 1.807) is 0 Å². The van der Waals surface area contributed by atoms with Gasteiger partial charge in [-0.3, -0.25) is 0 Å². The van der Waals surface area contributed by atoms with Gasteiger partial charge in [0.15, 0.2) is 0 Å². The van der Waals surface area contributed by atoms with Crippen LogP contribution in [0.25, 0.3) is 0 Å². The summed E-state index contributed by atoms with van der Waals surface area (Å²) in [6.45, 7) is 0. The Morgan fingerprint density at radius 1 is 1.62 bits per heavy atom. The molecule has 5 heteroatoms. The van der Waals surface area contributed by atoms with Crippen molar-refractivity contribution < 1.29 is 13.9 Å². The van der Waals surface area contributed by atoms with Gasteiger partial charge in [0.2, 0.25) is 0 Å². The summed E-state index contributed by atoms with van der Waals surface area (Å²) >= 11 is 3.02. The first-order valence-electron chi connectivity index (χ1n) is 3.39. The van der Waals surface area contributed by atoms with Crippen LogP contribution in [0.2, 0.25) is 0 Å². The highest BCUT2D eigenvalue weighted by atomic mass is 79.9. The number of carbonyl (C=O) groups excluding carboxylic acids is 1. The van der Waals surface area contributed by atoms with Crippen LogP contribution in [0.4, 0.5) is 10.1 Å². The maximum atomic E-state index is 12.7. The van der Waals surface area contributed by atoms with Crippen molar-refractivity contribution in [3.63, 3.8) is 0 Å². The lowest BCUT2D eigenvalue weighted by atomic mass is 10.2. The molecule has 0 bridgehead atoms. The lowest BCUT2D eigenvalue weighted by molar-refractivity contribution is 0.0601. The van der Waals surface area contributed by atoms with Crippen LogP contribution in [0, 0.1) is 5.82 Å². The van der Waals surface area contributed by atoms with Crippen molar-refractivity contribution in [2.75, 3.05) is 12.8 Å². The van der Waals surface area contributed by atoms with Gasteiger partial charge in [-0.15, -0.1) is 0 Å². The number of halogens is 2. The predicted octanol–water partition coefficient (Wildman–Crippen LogP) is 1.96. The summed E-state index contributed by atoms with van der Waals surface area (Å²) in [5, 5.41) is 0. The number of hydrogen-bond acceptors (Lipinski definition) is 3. The average molecular weight is 248 g/mol. The maximum absolute atomic E-state index is 12.7. The molecule has 0 aromatic heterocycles. The SMILES string of the molecule is COC(=O)c1c(N)cc(F)cc1Br. The van der Waals surface area contributed by atoms with Gasteiger partial charge in [0, 0.05) is 4.47 Å². The second-order valence-electron chi connectivity index (χ2n) is 2.34. The molecule has 0 amide bonds. The average Bonchev–Trinajstić information content (AvgIpc) is 2.02. The van der Waals surface area contributed by atoms with Crippen molar-refractivity contribution in [3.8, 4) is 0 Å². The zero-order valence-corrected chi connectivity index (χ0v) is 8.39. The van der Waals surface area contributed by atoms with Crippen LogP contribution in [0.5, 0.6) is 0 Å².